The molecule has 2 nitrogen and oxygen atoms in total. The Balaban J connectivity index is 2.26. The minimum atomic E-state index is 0.217. The summed E-state index contributed by atoms with van der Waals surface area (Å²) in [6.07, 6.45) is 2.19. The van der Waals surface area contributed by atoms with Crippen molar-refractivity contribution in [1.82, 2.24) is 0 Å². The van der Waals surface area contributed by atoms with Crippen LogP contribution in [0.1, 0.15) is 37.5 Å². The normalized spacial score (nSPS) is 20.3. The van der Waals surface area contributed by atoms with Crippen LogP contribution in [-0.2, 0) is 11.2 Å². The maximum atomic E-state index is 9.42. The highest BCUT2D eigenvalue weighted by Crippen LogP contribution is 2.33. The zero-order valence-corrected chi connectivity index (χ0v) is 9.36. The Kier molecular flexibility index (Phi) is 2.96. The first-order chi connectivity index (χ1) is 7.16. The van der Waals surface area contributed by atoms with E-state index in [-0.39, 0.29) is 6.10 Å². The molecule has 1 aromatic rings. The van der Waals surface area contributed by atoms with Gasteiger partial charge in [-0.2, -0.15) is 0 Å². The van der Waals surface area contributed by atoms with Crippen molar-refractivity contribution >= 4 is 0 Å². The van der Waals surface area contributed by atoms with Gasteiger partial charge in [-0.05, 0) is 42.0 Å². The molecule has 1 aliphatic heterocycles. The minimum Gasteiger partial charge on any atom is -0.508 e. The molecule has 0 fully saturated rings. The van der Waals surface area contributed by atoms with Crippen molar-refractivity contribution in [2.45, 2.75) is 32.8 Å². The van der Waals surface area contributed by atoms with Gasteiger partial charge in [0.1, 0.15) is 5.75 Å². The molecule has 2 rings (SSSR count). The monoisotopic (exact) mass is 206 g/mol. The highest BCUT2D eigenvalue weighted by Gasteiger charge is 2.21. The molecule has 0 aliphatic carbocycles. The van der Waals surface area contributed by atoms with Crippen molar-refractivity contribution in [3.05, 3.63) is 29.3 Å². The van der Waals surface area contributed by atoms with Crippen LogP contribution < -0.4 is 0 Å². The summed E-state index contributed by atoms with van der Waals surface area (Å²) < 4.78 is 5.77. The van der Waals surface area contributed by atoms with Crippen molar-refractivity contribution < 1.29 is 9.84 Å². The Labute approximate surface area is 90.9 Å². The molecule has 82 valence electrons. The SMILES string of the molecule is CC(C)CC1OCCc2cc(O)ccc21. The summed E-state index contributed by atoms with van der Waals surface area (Å²) in [5, 5.41) is 9.42. The number of phenolic OH excluding ortho intramolecular Hbond substituents is 1. The molecule has 0 saturated heterocycles. The van der Waals surface area contributed by atoms with Gasteiger partial charge in [-0.3, -0.25) is 0 Å². The second kappa shape index (κ2) is 4.23. The summed E-state index contributed by atoms with van der Waals surface area (Å²) in [4.78, 5) is 0. The maximum Gasteiger partial charge on any atom is 0.115 e. The number of aromatic hydroxyl groups is 1. The molecule has 1 aliphatic rings. The first-order valence-electron chi connectivity index (χ1n) is 5.60. The van der Waals surface area contributed by atoms with E-state index in [0.29, 0.717) is 11.7 Å². The number of hydrogen-bond donors (Lipinski definition) is 1. The van der Waals surface area contributed by atoms with Crippen LogP contribution in [0.2, 0.25) is 0 Å². The summed E-state index contributed by atoms with van der Waals surface area (Å²) in [6.45, 7) is 5.18. The van der Waals surface area contributed by atoms with E-state index < -0.39 is 0 Å². The number of rotatable bonds is 2. The quantitative estimate of drug-likeness (QED) is 0.805. The van der Waals surface area contributed by atoms with E-state index in [1.54, 1.807) is 6.07 Å². The Hall–Kier alpha value is -1.02. The van der Waals surface area contributed by atoms with E-state index in [4.69, 9.17) is 4.74 Å². The molecule has 0 aromatic heterocycles. The molecule has 15 heavy (non-hydrogen) atoms. The lowest BCUT2D eigenvalue weighted by atomic mass is 9.92. The average Bonchev–Trinajstić information content (AvgIpc) is 2.16. The van der Waals surface area contributed by atoms with Crippen molar-refractivity contribution in [3.63, 3.8) is 0 Å². The summed E-state index contributed by atoms with van der Waals surface area (Å²) in [6, 6.07) is 5.61. The molecule has 1 unspecified atom stereocenters. The van der Waals surface area contributed by atoms with E-state index in [9.17, 15) is 5.11 Å². The first kappa shape index (κ1) is 10.5. The molecular formula is C13H18O2. The van der Waals surface area contributed by atoms with Gasteiger partial charge in [-0.15, -0.1) is 0 Å². The van der Waals surface area contributed by atoms with Gasteiger partial charge >= 0.3 is 0 Å². The molecule has 1 aromatic carbocycles. The molecule has 0 spiro atoms. The number of hydrogen-bond acceptors (Lipinski definition) is 2. The van der Waals surface area contributed by atoms with Gasteiger partial charge in [0, 0.05) is 0 Å². The molecule has 2 heteroatoms. The fourth-order valence-corrected chi connectivity index (χ4v) is 2.15. The highest BCUT2D eigenvalue weighted by molar-refractivity contribution is 5.37. The van der Waals surface area contributed by atoms with Crippen LogP contribution in [0, 0.1) is 5.92 Å². The van der Waals surface area contributed by atoms with E-state index in [0.717, 1.165) is 19.4 Å². The zero-order valence-electron chi connectivity index (χ0n) is 9.36. The van der Waals surface area contributed by atoms with Crippen LogP contribution in [0.4, 0.5) is 0 Å². The number of phenols is 1. The predicted octanol–water partition coefficient (Wildman–Crippen LogP) is 3.05. The fraction of sp³-hybridized carbons (Fsp3) is 0.538. The molecular weight excluding hydrogens is 188 g/mol. The van der Waals surface area contributed by atoms with Crippen LogP contribution in [-0.4, -0.2) is 11.7 Å². The zero-order chi connectivity index (χ0) is 10.8. The molecule has 0 bridgehead atoms. The van der Waals surface area contributed by atoms with Crippen molar-refractivity contribution in [2.24, 2.45) is 5.92 Å². The fourth-order valence-electron chi connectivity index (χ4n) is 2.15. The Morgan fingerprint density at radius 1 is 1.47 bits per heavy atom. The van der Waals surface area contributed by atoms with Crippen LogP contribution in [0.25, 0.3) is 0 Å². The lowest BCUT2D eigenvalue weighted by Crippen LogP contribution is -2.17. The highest BCUT2D eigenvalue weighted by atomic mass is 16.5. The third-order valence-electron chi connectivity index (χ3n) is 2.85. The van der Waals surface area contributed by atoms with Crippen molar-refractivity contribution in [2.75, 3.05) is 6.61 Å². The topological polar surface area (TPSA) is 29.5 Å². The smallest absolute Gasteiger partial charge is 0.115 e. The van der Waals surface area contributed by atoms with Gasteiger partial charge in [0.15, 0.2) is 0 Å². The molecule has 0 saturated carbocycles. The molecule has 0 radical (unpaired) electrons. The molecule has 1 N–H and O–H groups in total. The van der Waals surface area contributed by atoms with Crippen LogP contribution >= 0.6 is 0 Å². The van der Waals surface area contributed by atoms with E-state index in [2.05, 4.69) is 13.8 Å². The molecule has 1 heterocycles. The summed E-state index contributed by atoms with van der Waals surface area (Å²) in [5.74, 6) is 0.994. The van der Waals surface area contributed by atoms with Crippen molar-refractivity contribution in [3.8, 4) is 5.75 Å². The van der Waals surface area contributed by atoms with Gasteiger partial charge in [0.2, 0.25) is 0 Å². The summed E-state index contributed by atoms with van der Waals surface area (Å²) in [5.41, 5.74) is 2.50. The number of benzene rings is 1. The van der Waals surface area contributed by atoms with Gasteiger partial charge in [-0.1, -0.05) is 19.9 Å². The Morgan fingerprint density at radius 2 is 2.27 bits per heavy atom. The second-order valence-electron chi connectivity index (χ2n) is 4.62. The number of ether oxygens (including phenoxy) is 1. The van der Waals surface area contributed by atoms with Gasteiger partial charge < -0.3 is 9.84 Å². The maximum absolute atomic E-state index is 9.42. The molecule has 0 amide bonds. The van der Waals surface area contributed by atoms with Crippen LogP contribution in [0.15, 0.2) is 18.2 Å². The van der Waals surface area contributed by atoms with E-state index in [1.807, 2.05) is 12.1 Å². The van der Waals surface area contributed by atoms with Crippen LogP contribution in [0.5, 0.6) is 5.75 Å². The van der Waals surface area contributed by atoms with Crippen molar-refractivity contribution in [1.29, 1.82) is 0 Å². The van der Waals surface area contributed by atoms with E-state index >= 15 is 0 Å². The number of fused-ring (bicyclic) bond motifs is 1. The minimum absolute atomic E-state index is 0.217. The standard InChI is InChI=1S/C13H18O2/c1-9(2)7-13-12-4-3-11(14)8-10(12)5-6-15-13/h3-4,8-9,13-14H,5-7H2,1-2H3. The lowest BCUT2D eigenvalue weighted by Gasteiger charge is -2.27. The summed E-state index contributed by atoms with van der Waals surface area (Å²) in [7, 11) is 0. The van der Waals surface area contributed by atoms with Gasteiger partial charge in [0.25, 0.3) is 0 Å². The third-order valence-corrected chi connectivity index (χ3v) is 2.85. The Morgan fingerprint density at radius 3 is 3.00 bits per heavy atom. The second-order valence-corrected chi connectivity index (χ2v) is 4.62. The predicted molar refractivity (Wildman–Crippen MR) is 60.0 cm³/mol. The average molecular weight is 206 g/mol. The van der Waals surface area contributed by atoms with Gasteiger partial charge in [0.05, 0.1) is 12.7 Å². The van der Waals surface area contributed by atoms with Crippen LogP contribution in [0.3, 0.4) is 0 Å². The molecule has 1 atom stereocenters. The Bertz CT molecular complexity index is 344. The largest absolute Gasteiger partial charge is 0.508 e. The lowest BCUT2D eigenvalue weighted by molar-refractivity contribution is 0.0283. The van der Waals surface area contributed by atoms with Gasteiger partial charge in [-0.25, -0.2) is 0 Å². The van der Waals surface area contributed by atoms with E-state index in [1.165, 1.54) is 11.1 Å². The first-order valence-corrected chi connectivity index (χ1v) is 5.60. The summed E-state index contributed by atoms with van der Waals surface area (Å²) >= 11 is 0. The third kappa shape index (κ3) is 2.32.